The molecule has 0 N–H and O–H groups in total. The Bertz CT molecular complexity index is 389. The number of rotatable bonds is 2. The summed E-state index contributed by atoms with van der Waals surface area (Å²) in [4.78, 5) is 0. The van der Waals surface area contributed by atoms with Crippen LogP contribution in [-0.4, -0.2) is 0 Å². The Labute approximate surface area is 84.6 Å². The fraction of sp³-hybridized carbons (Fsp3) is 0. The van der Waals surface area contributed by atoms with Crippen molar-refractivity contribution in [2.45, 2.75) is 0 Å². The van der Waals surface area contributed by atoms with Gasteiger partial charge in [0.25, 0.3) is 0 Å². The minimum atomic E-state index is 1.23. The van der Waals surface area contributed by atoms with Crippen LogP contribution in [0.5, 0.6) is 0 Å². The van der Waals surface area contributed by atoms with Crippen LogP contribution >= 0.6 is 0 Å². The van der Waals surface area contributed by atoms with Gasteiger partial charge in [0, 0.05) is 0 Å². The quantitative estimate of drug-likeness (QED) is 0.650. The summed E-state index contributed by atoms with van der Waals surface area (Å²) in [5, 5.41) is 0. The van der Waals surface area contributed by atoms with Gasteiger partial charge in [0.1, 0.15) is 0 Å². The second-order valence-electron chi connectivity index (χ2n) is 3.15. The van der Waals surface area contributed by atoms with Gasteiger partial charge in [-0.05, 0) is 11.1 Å². The van der Waals surface area contributed by atoms with E-state index in [1.165, 1.54) is 11.1 Å². The van der Waals surface area contributed by atoms with Gasteiger partial charge in [-0.1, -0.05) is 72.9 Å². The standard InChI is InChI=1S/C14H12/c1-2-7-13(8-3-1)11-6-12-14-9-4-5-10-14/h1-12H/b11-6+. The zero-order chi connectivity index (χ0) is 9.64. The van der Waals surface area contributed by atoms with E-state index in [9.17, 15) is 0 Å². The molecule has 0 spiro atoms. The van der Waals surface area contributed by atoms with Crippen LogP contribution in [0, 0.1) is 0 Å². The lowest BCUT2D eigenvalue weighted by molar-refractivity contribution is 1.66. The van der Waals surface area contributed by atoms with E-state index >= 15 is 0 Å². The zero-order valence-corrected chi connectivity index (χ0v) is 7.93. The van der Waals surface area contributed by atoms with Gasteiger partial charge in [-0.15, -0.1) is 0 Å². The second kappa shape index (κ2) is 4.43. The molecule has 0 saturated carbocycles. The van der Waals surface area contributed by atoms with Crippen LogP contribution in [0.25, 0.3) is 6.08 Å². The predicted molar refractivity (Wildman–Crippen MR) is 61.8 cm³/mol. The molecule has 68 valence electrons. The van der Waals surface area contributed by atoms with E-state index in [1.54, 1.807) is 0 Å². The molecule has 0 aromatic heterocycles. The Kier molecular flexibility index (Phi) is 2.77. The van der Waals surface area contributed by atoms with Gasteiger partial charge in [0.15, 0.2) is 0 Å². The maximum absolute atomic E-state index is 2.10. The fourth-order valence-electron chi connectivity index (χ4n) is 1.33. The minimum Gasteiger partial charge on any atom is -0.0622 e. The van der Waals surface area contributed by atoms with Gasteiger partial charge >= 0.3 is 0 Å². The van der Waals surface area contributed by atoms with Crippen molar-refractivity contribution < 1.29 is 0 Å². The molecule has 0 fully saturated rings. The largest absolute Gasteiger partial charge is 0.0622 e. The maximum Gasteiger partial charge on any atom is -0.0257 e. The van der Waals surface area contributed by atoms with Crippen LogP contribution in [-0.2, 0) is 0 Å². The molecule has 14 heavy (non-hydrogen) atoms. The van der Waals surface area contributed by atoms with Crippen LogP contribution < -0.4 is 0 Å². The Balaban J connectivity index is 2.05. The molecule has 0 atom stereocenters. The molecule has 0 unspecified atom stereocenters. The average Bonchev–Trinajstić information content (AvgIpc) is 2.72. The molecule has 0 heteroatoms. The van der Waals surface area contributed by atoms with Gasteiger partial charge in [-0.2, -0.15) is 0 Å². The van der Waals surface area contributed by atoms with Crippen molar-refractivity contribution in [3.63, 3.8) is 0 Å². The van der Waals surface area contributed by atoms with Gasteiger partial charge < -0.3 is 0 Å². The van der Waals surface area contributed by atoms with Crippen molar-refractivity contribution in [2.24, 2.45) is 0 Å². The Morgan fingerprint density at radius 1 is 0.857 bits per heavy atom. The summed E-state index contributed by atoms with van der Waals surface area (Å²) in [5.74, 6) is 0. The van der Waals surface area contributed by atoms with Gasteiger partial charge in [0.05, 0.1) is 0 Å². The zero-order valence-electron chi connectivity index (χ0n) is 7.93. The molecule has 0 bridgehead atoms. The SMILES string of the molecule is C1=CC(=C/C=C/c2ccccc2)C=C1. The summed E-state index contributed by atoms with van der Waals surface area (Å²) < 4.78 is 0. The topological polar surface area (TPSA) is 0 Å². The summed E-state index contributed by atoms with van der Waals surface area (Å²) in [6.45, 7) is 0. The van der Waals surface area contributed by atoms with Crippen LogP contribution in [0.3, 0.4) is 0 Å². The first-order chi connectivity index (χ1) is 6.95. The van der Waals surface area contributed by atoms with Crippen molar-refractivity contribution in [1.29, 1.82) is 0 Å². The first kappa shape index (κ1) is 8.76. The molecule has 0 radical (unpaired) electrons. The van der Waals surface area contributed by atoms with Crippen LogP contribution in [0.4, 0.5) is 0 Å². The molecular formula is C14H12. The highest BCUT2D eigenvalue weighted by Gasteiger charge is 1.87. The summed E-state index contributed by atoms with van der Waals surface area (Å²) in [7, 11) is 0. The summed E-state index contributed by atoms with van der Waals surface area (Å²) in [5.41, 5.74) is 2.48. The van der Waals surface area contributed by atoms with Crippen LogP contribution in [0.15, 0.2) is 72.4 Å². The van der Waals surface area contributed by atoms with Crippen LogP contribution in [0.2, 0.25) is 0 Å². The predicted octanol–water partition coefficient (Wildman–Crippen LogP) is 3.75. The Morgan fingerprint density at radius 2 is 1.57 bits per heavy atom. The Morgan fingerprint density at radius 3 is 2.29 bits per heavy atom. The van der Waals surface area contributed by atoms with Gasteiger partial charge in [-0.3, -0.25) is 0 Å². The monoisotopic (exact) mass is 180 g/mol. The summed E-state index contributed by atoms with van der Waals surface area (Å²) in [6, 6.07) is 10.3. The molecular weight excluding hydrogens is 168 g/mol. The van der Waals surface area contributed by atoms with Crippen molar-refractivity contribution >= 4 is 6.08 Å². The molecule has 2 rings (SSSR count). The average molecular weight is 180 g/mol. The third kappa shape index (κ3) is 2.33. The van der Waals surface area contributed by atoms with Crippen LogP contribution in [0.1, 0.15) is 5.56 Å². The van der Waals surface area contributed by atoms with E-state index in [-0.39, 0.29) is 0 Å². The third-order valence-corrected chi connectivity index (χ3v) is 2.07. The minimum absolute atomic E-state index is 1.23. The molecule has 0 saturated heterocycles. The smallest absolute Gasteiger partial charge is 0.0257 e. The highest BCUT2D eigenvalue weighted by atomic mass is 13.9. The van der Waals surface area contributed by atoms with E-state index in [4.69, 9.17) is 0 Å². The highest BCUT2D eigenvalue weighted by Crippen LogP contribution is 2.08. The van der Waals surface area contributed by atoms with Gasteiger partial charge in [0.2, 0.25) is 0 Å². The number of allylic oxidation sites excluding steroid dienone is 7. The molecule has 1 aromatic carbocycles. The van der Waals surface area contributed by atoms with E-state index in [2.05, 4.69) is 42.5 Å². The molecule has 1 aromatic rings. The summed E-state index contributed by atoms with van der Waals surface area (Å²) >= 11 is 0. The van der Waals surface area contributed by atoms with Gasteiger partial charge in [-0.25, -0.2) is 0 Å². The number of hydrogen-bond acceptors (Lipinski definition) is 0. The van der Waals surface area contributed by atoms with E-state index in [1.807, 2.05) is 30.4 Å². The lowest BCUT2D eigenvalue weighted by Gasteiger charge is -1.89. The molecule has 1 aliphatic carbocycles. The normalized spacial score (nSPS) is 14.1. The third-order valence-electron chi connectivity index (χ3n) is 2.07. The molecule has 1 aliphatic rings. The van der Waals surface area contributed by atoms with Crippen molar-refractivity contribution in [2.75, 3.05) is 0 Å². The Hall–Kier alpha value is -1.82. The highest BCUT2D eigenvalue weighted by molar-refractivity contribution is 5.53. The molecule has 0 nitrogen and oxygen atoms in total. The maximum atomic E-state index is 2.10. The first-order valence-electron chi connectivity index (χ1n) is 4.73. The lowest BCUT2D eigenvalue weighted by atomic mass is 10.2. The number of hydrogen-bond donors (Lipinski definition) is 0. The van der Waals surface area contributed by atoms with E-state index in [0.717, 1.165) is 0 Å². The second-order valence-corrected chi connectivity index (χ2v) is 3.15. The molecule has 0 heterocycles. The molecule has 0 amide bonds. The van der Waals surface area contributed by atoms with Crippen molar-refractivity contribution in [3.05, 3.63) is 77.9 Å². The van der Waals surface area contributed by atoms with E-state index in [0.29, 0.717) is 0 Å². The van der Waals surface area contributed by atoms with E-state index < -0.39 is 0 Å². The van der Waals surface area contributed by atoms with Crippen molar-refractivity contribution in [1.82, 2.24) is 0 Å². The number of benzene rings is 1. The summed E-state index contributed by atoms with van der Waals surface area (Å²) in [6.07, 6.45) is 14.6. The fourth-order valence-corrected chi connectivity index (χ4v) is 1.33. The lowest BCUT2D eigenvalue weighted by Crippen LogP contribution is -1.68. The van der Waals surface area contributed by atoms with Crippen molar-refractivity contribution in [3.8, 4) is 0 Å². The first-order valence-corrected chi connectivity index (χ1v) is 4.73. The molecule has 0 aliphatic heterocycles.